The van der Waals surface area contributed by atoms with Crippen molar-refractivity contribution in [3.8, 4) is 50.9 Å². The quantitative estimate of drug-likeness (QED) is 0.188. The SMILES string of the molecule is c1cncc(-c2cccc(-c3ccc4c(c3)Oc3ccccc3C43c4ccccc4Oc4cc(-n5c6ccccc6c6cccnc65)ccc43)c2)c1. The van der Waals surface area contributed by atoms with E-state index < -0.39 is 5.41 Å². The summed E-state index contributed by atoms with van der Waals surface area (Å²) in [5.41, 5.74) is 11.0. The van der Waals surface area contributed by atoms with Gasteiger partial charge in [0.05, 0.1) is 16.6 Å². The first kappa shape index (κ1) is 28.8. The van der Waals surface area contributed by atoms with E-state index in [0.717, 1.165) is 89.7 Å². The number of nitrogens with zero attached hydrogens (tertiary/aromatic N) is 3. The predicted molar refractivity (Wildman–Crippen MR) is 206 cm³/mol. The van der Waals surface area contributed by atoms with E-state index in [1.54, 1.807) is 6.20 Å². The van der Waals surface area contributed by atoms with Gasteiger partial charge < -0.3 is 9.47 Å². The van der Waals surface area contributed by atoms with Gasteiger partial charge in [-0.2, -0.15) is 0 Å². The molecular formula is C47H29N3O2. The molecule has 0 aliphatic carbocycles. The Hall–Kier alpha value is -6.98. The van der Waals surface area contributed by atoms with Gasteiger partial charge in [-0.15, -0.1) is 0 Å². The Morgan fingerprint density at radius 3 is 1.85 bits per heavy atom. The Labute approximate surface area is 300 Å². The second-order valence-corrected chi connectivity index (χ2v) is 13.4. The maximum atomic E-state index is 6.87. The molecule has 5 heterocycles. The zero-order chi connectivity index (χ0) is 34.2. The molecule has 244 valence electrons. The average molecular weight is 668 g/mol. The molecule has 2 aliphatic heterocycles. The first-order chi connectivity index (χ1) is 25.8. The summed E-state index contributed by atoms with van der Waals surface area (Å²) in [6.07, 6.45) is 5.56. The van der Waals surface area contributed by atoms with Crippen molar-refractivity contribution in [3.63, 3.8) is 0 Å². The van der Waals surface area contributed by atoms with Gasteiger partial charge in [0.1, 0.15) is 28.6 Å². The number of fused-ring (bicyclic) bond motifs is 11. The molecule has 3 aromatic heterocycles. The van der Waals surface area contributed by atoms with Crippen LogP contribution in [0.5, 0.6) is 23.0 Å². The van der Waals surface area contributed by atoms with Crippen LogP contribution in [0.1, 0.15) is 22.3 Å². The lowest BCUT2D eigenvalue weighted by Crippen LogP contribution is -2.36. The second-order valence-electron chi connectivity index (χ2n) is 13.4. The van der Waals surface area contributed by atoms with Crippen LogP contribution in [0, 0.1) is 0 Å². The molecule has 0 radical (unpaired) electrons. The Morgan fingerprint density at radius 1 is 0.442 bits per heavy atom. The summed E-state index contributed by atoms with van der Waals surface area (Å²) in [7, 11) is 0. The van der Waals surface area contributed by atoms with Crippen molar-refractivity contribution in [2.45, 2.75) is 5.41 Å². The number of hydrogen-bond acceptors (Lipinski definition) is 4. The fourth-order valence-electron chi connectivity index (χ4n) is 8.45. The minimum atomic E-state index is -0.692. The molecule has 1 atom stereocenters. The van der Waals surface area contributed by atoms with Crippen molar-refractivity contribution in [1.82, 2.24) is 14.5 Å². The molecule has 0 fully saturated rings. The highest BCUT2D eigenvalue weighted by Gasteiger charge is 2.50. The molecule has 0 bridgehead atoms. The van der Waals surface area contributed by atoms with Crippen LogP contribution in [-0.4, -0.2) is 14.5 Å². The molecule has 0 saturated carbocycles. The topological polar surface area (TPSA) is 49.2 Å². The summed E-state index contributed by atoms with van der Waals surface area (Å²) in [5, 5.41) is 2.28. The molecule has 11 rings (SSSR count). The second kappa shape index (κ2) is 11.0. The van der Waals surface area contributed by atoms with Gasteiger partial charge in [-0.05, 0) is 71.3 Å². The molecule has 1 unspecified atom stereocenters. The van der Waals surface area contributed by atoms with E-state index >= 15 is 0 Å². The summed E-state index contributed by atoms with van der Waals surface area (Å²) in [5.74, 6) is 3.27. The van der Waals surface area contributed by atoms with Gasteiger partial charge >= 0.3 is 0 Å². The molecule has 52 heavy (non-hydrogen) atoms. The molecule has 0 amide bonds. The minimum absolute atomic E-state index is 0.692. The Kier molecular flexibility index (Phi) is 6.10. The van der Waals surface area contributed by atoms with Crippen LogP contribution >= 0.6 is 0 Å². The van der Waals surface area contributed by atoms with Gasteiger partial charge in [0.25, 0.3) is 0 Å². The Morgan fingerprint density at radius 2 is 1.06 bits per heavy atom. The third-order valence-electron chi connectivity index (χ3n) is 10.7. The van der Waals surface area contributed by atoms with Gasteiger partial charge in [-0.25, -0.2) is 4.98 Å². The molecule has 6 aromatic carbocycles. The summed E-state index contributed by atoms with van der Waals surface area (Å²) in [6.45, 7) is 0. The van der Waals surface area contributed by atoms with Gasteiger partial charge in [0.2, 0.25) is 0 Å². The lowest BCUT2D eigenvalue weighted by molar-refractivity contribution is 0.399. The maximum absolute atomic E-state index is 6.87. The van der Waals surface area contributed by atoms with E-state index in [1.807, 2.05) is 36.7 Å². The third-order valence-corrected chi connectivity index (χ3v) is 10.7. The standard InChI is InChI=1S/C47H29N3O2/c1-4-17-41-35(13-1)36-14-9-25-49-46(36)50(41)34-21-23-40-45(28-34)52-43-19-6-3-16-38(43)47(40)37-15-2-5-18-42(37)51-44-27-32(20-22-39(44)47)30-10-7-11-31(26-30)33-12-8-24-48-29-33/h1-29H. The van der Waals surface area contributed by atoms with E-state index in [4.69, 9.17) is 14.5 Å². The number of hydrogen-bond donors (Lipinski definition) is 0. The fraction of sp³-hybridized carbons (Fsp3) is 0.0213. The van der Waals surface area contributed by atoms with Crippen LogP contribution < -0.4 is 9.47 Å². The summed E-state index contributed by atoms with van der Waals surface area (Å²) in [4.78, 5) is 9.18. The number of benzene rings is 6. The van der Waals surface area contributed by atoms with Crippen LogP contribution in [0.3, 0.4) is 0 Å². The molecule has 1 spiro atoms. The molecular weight excluding hydrogens is 639 g/mol. The highest BCUT2D eigenvalue weighted by Crippen LogP contribution is 2.61. The van der Waals surface area contributed by atoms with E-state index in [-0.39, 0.29) is 0 Å². The van der Waals surface area contributed by atoms with Crippen molar-refractivity contribution in [1.29, 1.82) is 0 Å². The number of ether oxygens (including phenoxy) is 2. The lowest BCUT2D eigenvalue weighted by atomic mass is 9.62. The van der Waals surface area contributed by atoms with Gasteiger partial charge in [0, 0.05) is 63.2 Å². The first-order valence-electron chi connectivity index (χ1n) is 17.5. The number of pyridine rings is 2. The van der Waals surface area contributed by atoms with Crippen molar-refractivity contribution < 1.29 is 9.47 Å². The molecule has 9 aromatic rings. The zero-order valence-corrected chi connectivity index (χ0v) is 27.9. The van der Waals surface area contributed by atoms with Crippen LogP contribution in [0.15, 0.2) is 176 Å². The van der Waals surface area contributed by atoms with Gasteiger partial charge in [-0.3, -0.25) is 9.55 Å². The van der Waals surface area contributed by atoms with Crippen molar-refractivity contribution in [3.05, 3.63) is 199 Å². The van der Waals surface area contributed by atoms with Gasteiger partial charge in [-0.1, -0.05) is 97.1 Å². The van der Waals surface area contributed by atoms with Gasteiger partial charge in [0.15, 0.2) is 0 Å². The summed E-state index contributed by atoms with van der Waals surface area (Å²) >= 11 is 0. The van der Waals surface area contributed by atoms with Crippen LogP contribution in [0.25, 0.3) is 49.9 Å². The van der Waals surface area contributed by atoms with E-state index in [1.165, 1.54) is 5.39 Å². The molecule has 5 heteroatoms. The largest absolute Gasteiger partial charge is 0.457 e. The number of rotatable bonds is 3. The monoisotopic (exact) mass is 667 g/mol. The fourth-order valence-corrected chi connectivity index (χ4v) is 8.45. The molecule has 5 nitrogen and oxygen atoms in total. The molecule has 0 N–H and O–H groups in total. The summed E-state index contributed by atoms with van der Waals surface area (Å²) in [6, 6.07) is 55.4. The molecule has 0 saturated heterocycles. The maximum Gasteiger partial charge on any atom is 0.145 e. The van der Waals surface area contributed by atoms with Crippen LogP contribution in [0.2, 0.25) is 0 Å². The first-order valence-corrected chi connectivity index (χ1v) is 17.5. The number of para-hydroxylation sites is 3. The van der Waals surface area contributed by atoms with Crippen LogP contribution in [-0.2, 0) is 5.41 Å². The predicted octanol–water partition coefficient (Wildman–Crippen LogP) is 11.5. The normalized spacial score (nSPS) is 15.3. The highest BCUT2D eigenvalue weighted by atomic mass is 16.5. The van der Waals surface area contributed by atoms with Crippen molar-refractivity contribution in [2.24, 2.45) is 0 Å². The smallest absolute Gasteiger partial charge is 0.145 e. The van der Waals surface area contributed by atoms with E-state index in [9.17, 15) is 0 Å². The Balaban J connectivity index is 1.14. The van der Waals surface area contributed by atoms with Crippen molar-refractivity contribution >= 4 is 21.9 Å². The minimum Gasteiger partial charge on any atom is -0.457 e. The third kappa shape index (κ3) is 4.05. The van der Waals surface area contributed by atoms with Crippen molar-refractivity contribution in [2.75, 3.05) is 0 Å². The number of aromatic nitrogens is 3. The van der Waals surface area contributed by atoms with E-state index in [2.05, 4.69) is 143 Å². The van der Waals surface area contributed by atoms with E-state index in [0.29, 0.717) is 0 Å². The summed E-state index contributed by atoms with van der Waals surface area (Å²) < 4.78 is 15.9. The Bertz CT molecular complexity index is 2810. The average Bonchev–Trinajstić information content (AvgIpc) is 3.55. The lowest BCUT2D eigenvalue weighted by Gasteiger charge is -2.45. The molecule has 2 aliphatic rings. The highest BCUT2D eigenvalue weighted by molar-refractivity contribution is 6.07. The zero-order valence-electron chi connectivity index (χ0n) is 27.9. The van der Waals surface area contributed by atoms with Crippen LogP contribution in [0.4, 0.5) is 0 Å².